The van der Waals surface area contributed by atoms with Crippen molar-refractivity contribution in [2.75, 3.05) is 0 Å². The molecule has 143 heavy (non-hydrogen) atoms. The quantitative estimate of drug-likeness (QED) is 0.133. The lowest BCUT2D eigenvalue weighted by atomic mass is 9.79. The van der Waals surface area contributed by atoms with Crippen LogP contribution in [0.1, 0.15) is 175 Å². The van der Waals surface area contributed by atoms with Gasteiger partial charge in [0.1, 0.15) is 0 Å². The van der Waals surface area contributed by atoms with Crippen LogP contribution in [0.2, 0.25) is 0 Å². The lowest BCUT2D eigenvalue weighted by Gasteiger charge is -2.24. The molecule has 0 aliphatic heterocycles. The fraction of sp³-hybridized carbons (Fsp3) is 0.147. The van der Waals surface area contributed by atoms with E-state index < -0.39 is 0 Å². The largest absolute Gasteiger partial charge is 0.0619 e. The van der Waals surface area contributed by atoms with Crippen LogP contribution in [0, 0.1) is 0 Å². The van der Waals surface area contributed by atoms with Crippen LogP contribution < -0.4 is 0 Å². The zero-order chi connectivity index (χ0) is 96.8. The Morgan fingerprint density at radius 1 is 0.105 bits per heavy atom. The molecule has 0 heterocycles. The number of rotatable bonds is 8. The number of benzene rings is 22. The average Bonchev–Trinajstić information content (AvgIpc) is 1.49. The highest BCUT2D eigenvalue weighted by Crippen LogP contribution is 2.61. The van der Waals surface area contributed by atoms with E-state index in [9.17, 15) is 0 Å². The SMILES string of the molecule is CC1(C)c2ccccc2-c2cc(-c3c4ccccc4c(-c4ccc5c(c4)C(C)(C)c4cc(-c6ccc7ccccc7c6)ccc4-5)c4ccc(-c5ccc6c(c5)C(C)(C)c5ccccc5-6)cc34)ccc21.CC1(C)c2ccccc2-c2cc(-c3ccc4c(c3)-c3ccc(-c5c6ccccc6c(-c6ccc7c(c6)-c6ccccc6C7(C)C)c6cc(-c7ccc8c(c7)C(C)(C)c7ccccc7-8)ccc56)cc3C4(C)C)ccc21. The molecule has 0 fully saturated rings. The Labute approximate surface area is 839 Å². The van der Waals surface area contributed by atoms with E-state index >= 15 is 0 Å². The Morgan fingerprint density at radius 3 is 0.629 bits per heavy atom. The monoisotopic (exact) mass is 1830 g/mol. The summed E-state index contributed by atoms with van der Waals surface area (Å²) < 4.78 is 0. The first-order valence-electron chi connectivity index (χ1n) is 51.5. The van der Waals surface area contributed by atoms with Gasteiger partial charge in [-0.2, -0.15) is 0 Å². The van der Waals surface area contributed by atoms with E-state index in [-0.39, 0.29) is 37.9 Å². The van der Waals surface area contributed by atoms with Crippen LogP contribution in [-0.2, 0) is 37.9 Å². The Bertz CT molecular complexity index is 9420. The predicted molar refractivity (Wildman–Crippen MR) is 607 cm³/mol. The fourth-order valence-electron chi connectivity index (χ4n) is 27.9. The van der Waals surface area contributed by atoms with Crippen molar-refractivity contribution in [2.45, 2.75) is 135 Å². The van der Waals surface area contributed by atoms with Gasteiger partial charge < -0.3 is 0 Å². The highest BCUT2D eigenvalue weighted by Gasteiger charge is 2.44. The number of hydrogen-bond acceptors (Lipinski definition) is 0. The van der Waals surface area contributed by atoms with E-state index in [0.29, 0.717) is 0 Å². The zero-order valence-electron chi connectivity index (χ0n) is 83.8. The Kier molecular flexibility index (Phi) is 17.9. The summed E-state index contributed by atoms with van der Waals surface area (Å²) in [5, 5.41) is 12.7. The molecular formula is C143H110. The van der Waals surface area contributed by atoms with E-state index in [1.54, 1.807) is 0 Å². The zero-order valence-corrected chi connectivity index (χ0v) is 83.8. The Hall–Kier alpha value is -15.9. The fourth-order valence-corrected chi connectivity index (χ4v) is 27.9. The Balaban J connectivity index is 0.000000140. The summed E-state index contributed by atoms with van der Waals surface area (Å²) in [5.41, 5.74) is 57.9. The molecule has 0 saturated heterocycles. The smallest absolute Gasteiger partial charge is 0.0159 e. The van der Waals surface area contributed by atoms with Gasteiger partial charge in [0, 0.05) is 37.9 Å². The normalized spacial score (nSPS) is 15.6. The van der Waals surface area contributed by atoms with Crippen LogP contribution in [-0.4, -0.2) is 0 Å². The molecule has 22 aromatic rings. The van der Waals surface area contributed by atoms with Crippen LogP contribution in [0.4, 0.5) is 0 Å². The van der Waals surface area contributed by atoms with Gasteiger partial charge in [-0.15, -0.1) is 0 Å². The molecule has 0 bridgehead atoms. The lowest BCUT2D eigenvalue weighted by molar-refractivity contribution is 0.660. The van der Waals surface area contributed by atoms with Gasteiger partial charge in [0.2, 0.25) is 0 Å². The molecule has 0 radical (unpaired) electrons. The first-order valence-corrected chi connectivity index (χ1v) is 51.5. The highest BCUT2D eigenvalue weighted by molar-refractivity contribution is 6.24. The number of fused-ring (bicyclic) bond motifs is 26. The van der Waals surface area contributed by atoms with Crippen LogP contribution in [0.3, 0.4) is 0 Å². The molecule has 0 unspecified atom stereocenters. The van der Waals surface area contributed by atoms with Gasteiger partial charge in [-0.3, -0.25) is 0 Å². The average molecular weight is 1830 g/mol. The summed E-state index contributed by atoms with van der Waals surface area (Å²) in [6.07, 6.45) is 0. The molecule has 0 heteroatoms. The van der Waals surface area contributed by atoms with E-state index in [2.05, 4.69) is 509 Å². The van der Waals surface area contributed by atoms with E-state index in [1.807, 2.05) is 0 Å². The van der Waals surface area contributed by atoms with Gasteiger partial charge >= 0.3 is 0 Å². The topological polar surface area (TPSA) is 0 Å². The molecule has 29 rings (SSSR count). The van der Waals surface area contributed by atoms with E-state index in [0.717, 1.165) is 0 Å². The van der Waals surface area contributed by atoms with Gasteiger partial charge in [-0.25, -0.2) is 0 Å². The third-order valence-corrected chi connectivity index (χ3v) is 35.6. The van der Waals surface area contributed by atoms with Crippen molar-refractivity contribution in [3.05, 3.63) is 490 Å². The maximum atomic E-state index is 2.53. The molecular weight excluding hydrogens is 1720 g/mol. The molecule has 0 aromatic heterocycles. The first kappa shape index (κ1) is 85.1. The van der Waals surface area contributed by atoms with Gasteiger partial charge in [-0.1, -0.05) is 437 Å². The van der Waals surface area contributed by atoms with Crippen molar-refractivity contribution in [2.24, 2.45) is 0 Å². The molecule has 7 aliphatic rings. The molecule has 7 aliphatic carbocycles. The van der Waals surface area contributed by atoms with Gasteiger partial charge in [0.05, 0.1) is 0 Å². The van der Waals surface area contributed by atoms with Gasteiger partial charge in [0.25, 0.3) is 0 Å². The molecule has 0 nitrogen and oxygen atoms in total. The van der Waals surface area contributed by atoms with Crippen molar-refractivity contribution in [1.82, 2.24) is 0 Å². The maximum Gasteiger partial charge on any atom is 0.0159 e. The minimum Gasteiger partial charge on any atom is -0.0619 e. The molecule has 0 saturated carbocycles. The van der Waals surface area contributed by atoms with Crippen molar-refractivity contribution < 1.29 is 0 Å². The van der Waals surface area contributed by atoms with Crippen molar-refractivity contribution >= 4 is 53.9 Å². The second kappa shape index (κ2) is 30.1. The second-order valence-electron chi connectivity index (χ2n) is 45.6. The summed E-state index contributed by atoms with van der Waals surface area (Å²) in [7, 11) is 0. The lowest BCUT2D eigenvalue weighted by Crippen LogP contribution is -2.15. The molecule has 0 spiro atoms. The van der Waals surface area contributed by atoms with Crippen LogP contribution >= 0.6 is 0 Å². The maximum absolute atomic E-state index is 2.53. The number of hydrogen-bond donors (Lipinski definition) is 0. The molecule has 0 N–H and O–H groups in total. The van der Waals surface area contributed by atoms with Crippen LogP contribution in [0.15, 0.2) is 413 Å². The highest BCUT2D eigenvalue weighted by atomic mass is 14.5. The summed E-state index contributed by atoms with van der Waals surface area (Å²) in [5.74, 6) is 0. The van der Waals surface area contributed by atoms with Gasteiger partial charge in [0.15, 0.2) is 0 Å². The predicted octanol–water partition coefficient (Wildman–Crippen LogP) is 38.6. The van der Waals surface area contributed by atoms with Crippen molar-refractivity contribution in [3.8, 4) is 167 Å². The standard InChI is InChI=1S/C74H58.C69H52/c1-71(2)62-23-15-12-18-50(62)57-37-44(28-34-64(57)71)45-29-35-66-58(38-45)53-32-27-48(42-68(53)74(66,7)8)69-54-20-9-10-21-55(54)70(47-30-36-65-59(40-47)51-19-13-16-24-63(51)72(65,3)4)60-39-43(26-33-56(60)69)46-25-31-52-49-17-11-14-22-61(49)73(5,6)67(52)41-46;1-67(2)60-22-14-12-18-50(60)57-37-47(29-34-61(57)67)66-55-20-10-9-19-54(55)65(56-33-27-44(36-58(56)66)46-26-30-51-49-17-11-13-21-59(49)68(3,4)62(51)39-46)48-28-32-53-52-31-25-45(38-63(52)69(5,6)64(53)40-48)43-24-23-41-15-7-8-16-42(41)35-43/h9-42H,1-8H3;7-40H,1-6H3. The van der Waals surface area contributed by atoms with Gasteiger partial charge in [-0.05, 0) is 371 Å². The van der Waals surface area contributed by atoms with Crippen molar-refractivity contribution in [1.29, 1.82) is 0 Å². The van der Waals surface area contributed by atoms with Crippen LogP contribution in [0.25, 0.3) is 221 Å². The van der Waals surface area contributed by atoms with E-state index in [4.69, 9.17) is 0 Å². The summed E-state index contributed by atoms with van der Waals surface area (Å²) in [4.78, 5) is 0. The summed E-state index contributed by atoms with van der Waals surface area (Å²) in [6, 6.07) is 159. The van der Waals surface area contributed by atoms with Crippen molar-refractivity contribution in [3.63, 3.8) is 0 Å². The van der Waals surface area contributed by atoms with E-state index in [1.165, 1.54) is 299 Å². The minimum absolute atomic E-state index is 0.0125. The second-order valence-corrected chi connectivity index (χ2v) is 45.6. The molecule has 0 amide bonds. The molecule has 0 atom stereocenters. The summed E-state index contributed by atoms with van der Waals surface area (Å²) >= 11 is 0. The minimum atomic E-state index is -0.193. The third kappa shape index (κ3) is 12.1. The Morgan fingerprint density at radius 2 is 0.287 bits per heavy atom. The third-order valence-electron chi connectivity index (χ3n) is 35.6. The summed E-state index contributed by atoms with van der Waals surface area (Å²) in [6.45, 7) is 33.4. The van der Waals surface area contributed by atoms with Crippen LogP contribution in [0.5, 0.6) is 0 Å². The first-order chi connectivity index (χ1) is 69.2. The molecule has 682 valence electrons. The molecule has 22 aromatic carbocycles.